The highest BCUT2D eigenvalue weighted by Gasteiger charge is 2.37. The summed E-state index contributed by atoms with van der Waals surface area (Å²) in [6.07, 6.45) is 2.59. The van der Waals surface area contributed by atoms with Gasteiger partial charge >= 0.3 is 0 Å². The van der Waals surface area contributed by atoms with Gasteiger partial charge in [-0.15, -0.1) is 0 Å². The number of aryl methyl sites for hydroxylation is 2. The summed E-state index contributed by atoms with van der Waals surface area (Å²) in [5.74, 6) is 1.82. The van der Waals surface area contributed by atoms with Gasteiger partial charge in [-0.25, -0.2) is 0 Å². The summed E-state index contributed by atoms with van der Waals surface area (Å²) in [4.78, 5) is 14.9. The minimum absolute atomic E-state index is 0.177. The average Bonchev–Trinajstić information content (AvgIpc) is 3.31. The topological polar surface area (TPSA) is 70.4 Å². The van der Waals surface area contributed by atoms with Gasteiger partial charge in [-0.05, 0) is 38.2 Å². The van der Waals surface area contributed by atoms with Crippen LogP contribution in [-0.4, -0.2) is 41.6 Å². The van der Waals surface area contributed by atoms with Crippen molar-refractivity contribution in [1.82, 2.24) is 20.9 Å². The van der Waals surface area contributed by atoms with E-state index in [0.717, 1.165) is 49.5 Å². The van der Waals surface area contributed by atoms with Gasteiger partial charge < -0.3 is 9.42 Å². The lowest BCUT2D eigenvalue weighted by Crippen LogP contribution is -2.48. The second-order valence-corrected chi connectivity index (χ2v) is 7.79. The van der Waals surface area contributed by atoms with Gasteiger partial charge in [0.25, 0.3) is 0 Å². The van der Waals surface area contributed by atoms with Crippen LogP contribution in [0.25, 0.3) is 0 Å². The Bertz CT molecular complexity index is 769. The van der Waals surface area contributed by atoms with Gasteiger partial charge in [0.1, 0.15) is 5.76 Å². The molecule has 2 saturated heterocycles. The predicted octanol–water partition coefficient (Wildman–Crippen LogP) is 2.33. The average molecular weight is 368 g/mol. The molecule has 0 radical (unpaired) electrons. The Morgan fingerprint density at radius 2 is 2.11 bits per heavy atom. The quantitative estimate of drug-likeness (QED) is 0.867. The highest BCUT2D eigenvalue weighted by Crippen LogP contribution is 2.31. The molecule has 4 rings (SSSR count). The largest absolute Gasteiger partial charge is 0.361 e. The molecule has 6 nitrogen and oxygen atoms in total. The zero-order chi connectivity index (χ0) is 18.8. The fourth-order valence-electron chi connectivity index (χ4n) is 4.53. The van der Waals surface area contributed by atoms with Crippen molar-refractivity contribution < 1.29 is 9.32 Å². The maximum atomic E-state index is 12.9. The molecule has 2 aliphatic heterocycles. The molecule has 0 saturated carbocycles. The van der Waals surface area contributed by atoms with Crippen molar-refractivity contribution in [3.63, 3.8) is 0 Å². The Balaban J connectivity index is 1.44. The fraction of sp³-hybridized carbons (Fsp3) is 0.524. The van der Waals surface area contributed by atoms with Crippen LogP contribution in [0.5, 0.6) is 0 Å². The molecular formula is C21H28N4O2. The smallest absolute Gasteiger partial charge is 0.227 e. The molecule has 6 heteroatoms. The minimum Gasteiger partial charge on any atom is -0.361 e. The third kappa shape index (κ3) is 3.77. The number of piperidine rings is 1. The number of aromatic nitrogens is 1. The molecule has 1 aromatic heterocycles. The summed E-state index contributed by atoms with van der Waals surface area (Å²) in [5.41, 5.74) is 9.94. The Morgan fingerprint density at radius 1 is 1.30 bits per heavy atom. The van der Waals surface area contributed by atoms with Gasteiger partial charge in [-0.3, -0.25) is 15.6 Å². The van der Waals surface area contributed by atoms with E-state index in [1.54, 1.807) is 0 Å². The molecule has 144 valence electrons. The molecule has 1 amide bonds. The van der Waals surface area contributed by atoms with E-state index in [0.29, 0.717) is 24.3 Å². The molecule has 3 atom stereocenters. The van der Waals surface area contributed by atoms with E-state index < -0.39 is 0 Å². The third-order valence-corrected chi connectivity index (χ3v) is 6.08. The summed E-state index contributed by atoms with van der Waals surface area (Å²) in [7, 11) is 0. The highest BCUT2D eigenvalue weighted by atomic mass is 16.5. The first-order valence-electron chi connectivity index (χ1n) is 9.86. The van der Waals surface area contributed by atoms with Crippen molar-refractivity contribution in [3.8, 4) is 0 Å². The number of nitrogens with zero attached hydrogens (tertiary/aromatic N) is 2. The molecule has 2 N–H and O–H groups in total. The Morgan fingerprint density at radius 3 is 2.85 bits per heavy atom. The zero-order valence-corrected chi connectivity index (χ0v) is 16.1. The minimum atomic E-state index is 0.177. The Labute approximate surface area is 160 Å². The van der Waals surface area contributed by atoms with Crippen molar-refractivity contribution in [3.05, 3.63) is 52.9 Å². The maximum Gasteiger partial charge on any atom is 0.227 e. The summed E-state index contributed by atoms with van der Waals surface area (Å²) in [5, 5.41) is 3.97. The van der Waals surface area contributed by atoms with Gasteiger partial charge in [-0.2, -0.15) is 0 Å². The summed E-state index contributed by atoms with van der Waals surface area (Å²) in [6, 6.07) is 11.0. The van der Waals surface area contributed by atoms with Crippen LogP contribution in [0.1, 0.15) is 41.3 Å². The third-order valence-electron chi connectivity index (χ3n) is 6.08. The van der Waals surface area contributed by atoms with Gasteiger partial charge in [0.15, 0.2) is 0 Å². The molecule has 0 aliphatic carbocycles. The lowest BCUT2D eigenvalue weighted by atomic mass is 9.81. The lowest BCUT2D eigenvalue weighted by molar-refractivity contribution is -0.132. The van der Waals surface area contributed by atoms with Crippen LogP contribution in [0.2, 0.25) is 0 Å². The first kappa shape index (κ1) is 18.2. The second kappa shape index (κ2) is 7.82. The van der Waals surface area contributed by atoms with Crippen LogP contribution >= 0.6 is 0 Å². The molecule has 1 aromatic carbocycles. The van der Waals surface area contributed by atoms with Crippen molar-refractivity contribution in [1.29, 1.82) is 0 Å². The van der Waals surface area contributed by atoms with Crippen molar-refractivity contribution in [2.24, 2.45) is 5.92 Å². The van der Waals surface area contributed by atoms with Crippen LogP contribution in [0.4, 0.5) is 0 Å². The van der Waals surface area contributed by atoms with Crippen LogP contribution in [0, 0.1) is 19.8 Å². The number of likely N-dealkylation sites (tertiary alicyclic amines) is 1. The molecule has 2 fully saturated rings. The molecule has 27 heavy (non-hydrogen) atoms. The van der Waals surface area contributed by atoms with E-state index in [1.165, 1.54) is 5.56 Å². The molecule has 3 unspecified atom stereocenters. The number of nitrogens with one attached hydrogen (secondary N) is 2. The molecule has 0 spiro atoms. The summed E-state index contributed by atoms with van der Waals surface area (Å²) in [6.45, 7) is 6.36. The summed E-state index contributed by atoms with van der Waals surface area (Å²) >= 11 is 0. The standard InChI is InChI=1S/C21H28N4O2/c1-14-18(15(2)27-24-14)11-20(26)25-10-6-9-17(13-25)21-19(12-22-23-21)16-7-4-3-5-8-16/h3-5,7-8,17,19,21-23H,6,9-13H2,1-2H3. The maximum absolute atomic E-state index is 12.9. The van der Waals surface area contributed by atoms with Crippen LogP contribution < -0.4 is 10.9 Å². The number of carbonyl (C=O) groups is 1. The first-order chi connectivity index (χ1) is 13.1. The van der Waals surface area contributed by atoms with E-state index >= 15 is 0 Å². The predicted molar refractivity (Wildman–Crippen MR) is 103 cm³/mol. The molecular weight excluding hydrogens is 340 g/mol. The van der Waals surface area contributed by atoms with Crippen molar-refractivity contribution in [2.45, 2.75) is 45.1 Å². The molecule has 2 aromatic rings. The number of benzene rings is 1. The fourth-order valence-corrected chi connectivity index (χ4v) is 4.53. The van der Waals surface area contributed by atoms with Gasteiger partial charge in [0.05, 0.1) is 12.1 Å². The highest BCUT2D eigenvalue weighted by molar-refractivity contribution is 5.79. The monoisotopic (exact) mass is 368 g/mol. The van der Waals surface area contributed by atoms with E-state index in [2.05, 4.69) is 46.3 Å². The normalized spacial score (nSPS) is 25.7. The Hall–Kier alpha value is -2.18. The summed E-state index contributed by atoms with van der Waals surface area (Å²) < 4.78 is 5.21. The molecule has 0 bridgehead atoms. The van der Waals surface area contributed by atoms with E-state index in [1.807, 2.05) is 18.7 Å². The number of hydrogen-bond acceptors (Lipinski definition) is 5. The number of hydrogen-bond donors (Lipinski definition) is 2. The van der Waals surface area contributed by atoms with E-state index in [9.17, 15) is 4.79 Å². The van der Waals surface area contributed by atoms with Gasteiger partial charge in [0.2, 0.25) is 5.91 Å². The number of amides is 1. The molecule has 3 heterocycles. The van der Waals surface area contributed by atoms with Crippen molar-refractivity contribution >= 4 is 5.91 Å². The number of hydrazine groups is 1. The van der Waals surface area contributed by atoms with Crippen LogP contribution in [-0.2, 0) is 11.2 Å². The van der Waals surface area contributed by atoms with E-state index in [4.69, 9.17) is 4.52 Å². The second-order valence-electron chi connectivity index (χ2n) is 7.79. The molecule has 2 aliphatic rings. The zero-order valence-electron chi connectivity index (χ0n) is 16.1. The van der Waals surface area contributed by atoms with Gasteiger partial charge in [0, 0.05) is 37.2 Å². The lowest BCUT2D eigenvalue weighted by Gasteiger charge is -2.37. The number of carbonyl (C=O) groups excluding carboxylic acids is 1. The SMILES string of the molecule is Cc1noc(C)c1CC(=O)N1CCCC(C2NNCC2c2ccccc2)C1. The van der Waals surface area contributed by atoms with Crippen molar-refractivity contribution in [2.75, 3.05) is 19.6 Å². The number of rotatable bonds is 4. The van der Waals surface area contributed by atoms with E-state index in [-0.39, 0.29) is 5.91 Å². The Kier molecular flexibility index (Phi) is 5.27. The van der Waals surface area contributed by atoms with Crippen LogP contribution in [0.15, 0.2) is 34.9 Å². The van der Waals surface area contributed by atoms with Gasteiger partial charge in [-0.1, -0.05) is 35.5 Å². The van der Waals surface area contributed by atoms with Crippen LogP contribution in [0.3, 0.4) is 0 Å². The first-order valence-corrected chi connectivity index (χ1v) is 9.86.